The zero-order valence-corrected chi connectivity index (χ0v) is 14.9. The van der Waals surface area contributed by atoms with Gasteiger partial charge in [0.1, 0.15) is 5.82 Å². The van der Waals surface area contributed by atoms with Gasteiger partial charge in [0.2, 0.25) is 5.95 Å². The van der Waals surface area contributed by atoms with Crippen LogP contribution >= 0.6 is 11.6 Å². The van der Waals surface area contributed by atoms with Crippen molar-refractivity contribution < 1.29 is 0 Å². The lowest BCUT2D eigenvalue weighted by molar-refractivity contribution is 1.00. The Labute approximate surface area is 153 Å². The van der Waals surface area contributed by atoms with Crippen LogP contribution in [0.3, 0.4) is 0 Å². The quantitative estimate of drug-likeness (QED) is 0.621. The van der Waals surface area contributed by atoms with Crippen LogP contribution in [0.25, 0.3) is 0 Å². The molecule has 3 aromatic rings. The minimum atomic E-state index is 0.591. The van der Waals surface area contributed by atoms with E-state index in [2.05, 4.69) is 39.7 Å². The van der Waals surface area contributed by atoms with Gasteiger partial charge in [-0.1, -0.05) is 48.9 Å². The third kappa shape index (κ3) is 4.94. The largest absolute Gasteiger partial charge is 0.370 e. The van der Waals surface area contributed by atoms with E-state index in [1.165, 1.54) is 11.1 Å². The summed E-state index contributed by atoms with van der Waals surface area (Å²) >= 11 is 6.01. The molecule has 128 valence electrons. The topological polar surface area (TPSA) is 49.8 Å². The lowest BCUT2D eigenvalue weighted by atomic mass is 10.1. The SMILES string of the molecule is CCc1ccccc1Nc1nccc(NCCc2cccc(Cl)c2)n1. The number of nitrogens with one attached hydrogen (secondary N) is 2. The van der Waals surface area contributed by atoms with Crippen LogP contribution in [0.15, 0.2) is 60.8 Å². The zero-order valence-electron chi connectivity index (χ0n) is 14.2. The summed E-state index contributed by atoms with van der Waals surface area (Å²) < 4.78 is 0. The number of aromatic nitrogens is 2. The predicted molar refractivity (Wildman–Crippen MR) is 105 cm³/mol. The number of nitrogens with zero attached hydrogens (tertiary/aromatic N) is 2. The van der Waals surface area contributed by atoms with Crippen molar-refractivity contribution in [2.24, 2.45) is 0 Å². The molecule has 4 nitrogen and oxygen atoms in total. The van der Waals surface area contributed by atoms with Gasteiger partial charge in [-0.15, -0.1) is 0 Å². The van der Waals surface area contributed by atoms with Gasteiger partial charge in [-0.3, -0.25) is 0 Å². The normalized spacial score (nSPS) is 10.5. The molecule has 0 spiro atoms. The summed E-state index contributed by atoms with van der Waals surface area (Å²) in [4.78, 5) is 8.84. The molecular formula is C20H21ClN4. The van der Waals surface area contributed by atoms with E-state index in [0.29, 0.717) is 5.95 Å². The Kier molecular flexibility index (Phi) is 5.86. The first kappa shape index (κ1) is 17.2. The molecule has 0 radical (unpaired) electrons. The first-order chi connectivity index (χ1) is 12.2. The van der Waals surface area contributed by atoms with Crippen LogP contribution in [0, 0.1) is 0 Å². The minimum Gasteiger partial charge on any atom is -0.370 e. The van der Waals surface area contributed by atoms with E-state index in [-0.39, 0.29) is 0 Å². The Morgan fingerprint density at radius 2 is 1.92 bits per heavy atom. The third-order valence-electron chi connectivity index (χ3n) is 3.91. The van der Waals surface area contributed by atoms with Crippen LogP contribution < -0.4 is 10.6 Å². The second-order valence-electron chi connectivity index (χ2n) is 5.71. The highest BCUT2D eigenvalue weighted by molar-refractivity contribution is 6.30. The van der Waals surface area contributed by atoms with Gasteiger partial charge in [0.05, 0.1) is 0 Å². The van der Waals surface area contributed by atoms with Crippen molar-refractivity contribution >= 4 is 29.1 Å². The number of para-hydroxylation sites is 1. The Balaban J connectivity index is 1.61. The summed E-state index contributed by atoms with van der Waals surface area (Å²) in [6.07, 6.45) is 3.60. The molecule has 0 aliphatic carbocycles. The average Bonchev–Trinajstić information content (AvgIpc) is 2.63. The summed E-state index contributed by atoms with van der Waals surface area (Å²) in [7, 11) is 0. The molecule has 0 fully saturated rings. The minimum absolute atomic E-state index is 0.591. The summed E-state index contributed by atoms with van der Waals surface area (Å²) in [5.41, 5.74) is 3.48. The van der Waals surface area contributed by atoms with E-state index in [4.69, 9.17) is 11.6 Å². The van der Waals surface area contributed by atoms with E-state index in [0.717, 1.165) is 35.9 Å². The van der Waals surface area contributed by atoms with Crippen LogP contribution in [0.4, 0.5) is 17.5 Å². The third-order valence-corrected chi connectivity index (χ3v) is 4.14. The molecule has 2 aromatic carbocycles. The maximum atomic E-state index is 6.01. The van der Waals surface area contributed by atoms with E-state index >= 15 is 0 Å². The van der Waals surface area contributed by atoms with Crippen molar-refractivity contribution in [3.8, 4) is 0 Å². The Morgan fingerprint density at radius 1 is 1.04 bits per heavy atom. The molecule has 0 aliphatic rings. The van der Waals surface area contributed by atoms with Crippen molar-refractivity contribution in [1.29, 1.82) is 0 Å². The molecule has 0 saturated heterocycles. The van der Waals surface area contributed by atoms with Crippen molar-refractivity contribution in [2.45, 2.75) is 19.8 Å². The van der Waals surface area contributed by atoms with Gasteiger partial charge >= 0.3 is 0 Å². The number of anilines is 3. The number of halogens is 1. The molecule has 0 amide bonds. The molecule has 1 heterocycles. The molecule has 25 heavy (non-hydrogen) atoms. The highest BCUT2D eigenvalue weighted by Gasteiger charge is 2.03. The maximum absolute atomic E-state index is 6.01. The van der Waals surface area contributed by atoms with E-state index in [9.17, 15) is 0 Å². The predicted octanol–water partition coefficient (Wildman–Crippen LogP) is 5.09. The Morgan fingerprint density at radius 3 is 2.76 bits per heavy atom. The van der Waals surface area contributed by atoms with Crippen LogP contribution in [0.1, 0.15) is 18.1 Å². The van der Waals surface area contributed by atoms with Gasteiger partial charge in [-0.05, 0) is 48.2 Å². The summed E-state index contributed by atoms with van der Waals surface area (Å²) in [5, 5.41) is 7.40. The molecule has 5 heteroatoms. The van der Waals surface area contributed by atoms with E-state index in [1.807, 2.05) is 42.5 Å². The number of aryl methyl sites for hydroxylation is 1. The first-order valence-corrected chi connectivity index (χ1v) is 8.78. The van der Waals surface area contributed by atoms with Crippen molar-refractivity contribution in [2.75, 3.05) is 17.2 Å². The lowest BCUT2D eigenvalue weighted by Crippen LogP contribution is -2.08. The van der Waals surface area contributed by atoms with Crippen molar-refractivity contribution in [1.82, 2.24) is 9.97 Å². The van der Waals surface area contributed by atoms with Crippen molar-refractivity contribution in [3.63, 3.8) is 0 Å². The Hall–Kier alpha value is -2.59. The monoisotopic (exact) mass is 352 g/mol. The van der Waals surface area contributed by atoms with Crippen molar-refractivity contribution in [3.05, 3.63) is 76.9 Å². The van der Waals surface area contributed by atoms with Gasteiger partial charge in [0.25, 0.3) is 0 Å². The summed E-state index contributed by atoms with van der Waals surface area (Å²) in [6, 6.07) is 18.0. The van der Waals surface area contributed by atoms with Gasteiger partial charge in [0.15, 0.2) is 0 Å². The van der Waals surface area contributed by atoms with Crippen LogP contribution in [-0.4, -0.2) is 16.5 Å². The molecule has 3 rings (SSSR count). The Bertz CT molecular complexity index is 835. The molecule has 0 unspecified atom stereocenters. The number of hydrogen-bond acceptors (Lipinski definition) is 4. The van der Waals surface area contributed by atoms with Gasteiger partial charge in [0, 0.05) is 23.5 Å². The first-order valence-electron chi connectivity index (χ1n) is 8.41. The molecule has 0 bridgehead atoms. The number of rotatable bonds is 7. The van der Waals surface area contributed by atoms with Crippen LogP contribution in [-0.2, 0) is 12.8 Å². The summed E-state index contributed by atoms with van der Waals surface area (Å²) in [6.45, 7) is 2.91. The zero-order chi connectivity index (χ0) is 17.5. The fraction of sp³-hybridized carbons (Fsp3) is 0.200. The second-order valence-corrected chi connectivity index (χ2v) is 6.14. The fourth-order valence-corrected chi connectivity index (χ4v) is 2.83. The highest BCUT2D eigenvalue weighted by Crippen LogP contribution is 2.19. The molecule has 0 atom stereocenters. The van der Waals surface area contributed by atoms with Gasteiger partial charge in [-0.2, -0.15) is 4.98 Å². The smallest absolute Gasteiger partial charge is 0.229 e. The molecule has 2 N–H and O–H groups in total. The molecule has 0 aliphatic heterocycles. The maximum Gasteiger partial charge on any atom is 0.229 e. The van der Waals surface area contributed by atoms with Gasteiger partial charge < -0.3 is 10.6 Å². The van der Waals surface area contributed by atoms with Crippen LogP contribution in [0.5, 0.6) is 0 Å². The average molecular weight is 353 g/mol. The van der Waals surface area contributed by atoms with E-state index in [1.54, 1.807) is 6.20 Å². The molecule has 1 aromatic heterocycles. The van der Waals surface area contributed by atoms with Crippen LogP contribution in [0.2, 0.25) is 5.02 Å². The van der Waals surface area contributed by atoms with Gasteiger partial charge in [-0.25, -0.2) is 4.98 Å². The molecule has 0 saturated carbocycles. The molecular weight excluding hydrogens is 332 g/mol. The standard InChI is InChI=1S/C20H21ClN4/c1-2-16-7-3-4-9-18(16)24-20-23-13-11-19(25-20)22-12-10-15-6-5-8-17(21)14-15/h3-9,11,13-14H,2,10,12H2,1H3,(H2,22,23,24,25). The van der Waals surface area contributed by atoms with E-state index < -0.39 is 0 Å². The second kappa shape index (κ2) is 8.49. The number of benzene rings is 2. The summed E-state index contributed by atoms with van der Waals surface area (Å²) in [5.74, 6) is 1.39. The number of hydrogen-bond donors (Lipinski definition) is 2. The lowest BCUT2D eigenvalue weighted by Gasteiger charge is -2.11. The fourth-order valence-electron chi connectivity index (χ4n) is 2.62. The highest BCUT2D eigenvalue weighted by atomic mass is 35.5.